The third kappa shape index (κ3) is 8.08. The molecular weight excluding hydrogens is 601 g/mol. The van der Waals surface area contributed by atoms with Gasteiger partial charge in [0.2, 0.25) is 0 Å². The van der Waals surface area contributed by atoms with Gasteiger partial charge in [-0.25, -0.2) is 0 Å². The predicted octanol–water partition coefficient (Wildman–Crippen LogP) is 4.65. The summed E-state index contributed by atoms with van der Waals surface area (Å²) in [5, 5.41) is 16.4. The second-order valence-corrected chi connectivity index (χ2v) is 10.5. The van der Waals surface area contributed by atoms with Gasteiger partial charge in [0.25, 0.3) is 11.8 Å². The van der Waals surface area contributed by atoms with Crippen molar-refractivity contribution in [2.75, 3.05) is 0 Å². The van der Waals surface area contributed by atoms with Crippen molar-refractivity contribution in [3.8, 4) is 0 Å². The molecule has 0 aliphatic carbocycles. The van der Waals surface area contributed by atoms with Gasteiger partial charge in [-0.15, -0.1) is 0 Å². The van der Waals surface area contributed by atoms with Gasteiger partial charge < -0.3 is 10.6 Å². The number of halogens is 2. The van der Waals surface area contributed by atoms with Gasteiger partial charge in [0.1, 0.15) is 5.71 Å². The van der Waals surface area contributed by atoms with E-state index < -0.39 is 17.9 Å². The Labute approximate surface area is 258 Å². The highest BCUT2D eigenvalue weighted by atomic mass is 35.5. The topological polar surface area (TPSA) is 110 Å². The van der Waals surface area contributed by atoms with Gasteiger partial charge in [-0.3, -0.25) is 25.3 Å². The maximum Gasteiger partial charge on any atom is 0.262 e. The molecule has 0 radical (unpaired) electrons. The van der Waals surface area contributed by atoms with Crippen molar-refractivity contribution in [3.63, 3.8) is 0 Å². The number of carbonyl (C=O) groups excluding carboxylic acids is 2. The Morgan fingerprint density at radius 3 is 1.76 bits per heavy atom. The Morgan fingerprint density at radius 2 is 1.27 bits per heavy atom. The fourth-order valence-corrected chi connectivity index (χ4v) is 4.34. The molecule has 13 heteroatoms. The second kappa shape index (κ2) is 14.1. The number of benzene rings is 3. The van der Waals surface area contributed by atoms with Gasteiger partial charge in [-0.05, 0) is 78.9 Å². The van der Waals surface area contributed by atoms with E-state index in [0.29, 0.717) is 34.3 Å². The molecule has 1 heterocycles. The second-order valence-electron chi connectivity index (χ2n) is 8.84. The molecule has 4 N–H and O–H groups in total. The highest BCUT2D eigenvalue weighted by Crippen LogP contribution is 2.24. The van der Waals surface area contributed by atoms with Crippen molar-refractivity contribution >= 4 is 81.6 Å². The van der Waals surface area contributed by atoms with E-state index in [2.05, 4.69) is 31.7 Å². The van der Waals surface area contributed by atoms with Crippen LogP contribution >= 0.6 is 47.6 Å². The highest BCUT2D eigenvalue weighted by molar-refractivity contribution is 7.80. The van der Waals surface area contributed by atoms with E-state index in [0.717, 1.165) is 16.0 Å². The minimum absolute atomic E-state index is 0.230. The van der Waals surface area contributed by atoms with Crippen LogP contribution in [0.15, 0.2) is 83.0 Å². The van der Waals surface area contributed by atoms with Crippen molar-refractivity contribution in [2.45, 2.75) is 26.1 Å². The molecule has 9 nitrogen and oxygen atoms in total. The molecule has 41 heavy (non-hydrogen) atoms. The summed E-state index contributed by atoms with van der Waals surface area (Å²) in [6.07, 6.45) is 1.37. The van der Waals surface area contributed by atoms with E-state index >= 15 is 0 Å². The Hall–Kier alpha value is -3.90. The van der Waals surface area contributed by atoms with Crippen LogP contribution < -0.4 is 21.5 Å². The summed E-state index contributed by atoms with van der Waals surface area (Å²) in [7, 11) is 0. The van der Waals surface area contributed by atoms with Gasteiger partial charge in [0.15, 0.2) is 10.2 Å². The van der Waals surface area contributed by atoms with E-state index in [4.69, 9.17) is 47.6 Å². The van der Waals surface area contributed by atoms with Gasteiger partial charge in [-0.2, -0.15) is 10.2 Å². The van der Waals surface area contributed by atoms with Gasteiger partial charge >= 0.3 is 0 Å². The summed E-state index contributed by atoms with van der Waals surface area (Å²) in [5.74, 6) is -0.841. The fourth-order valence-electron chi connectivity index (χ4n) is 3.84. The normalized spacial score (nSPS) is 13.6. The van der Waals surface area contributed by atoms with Crippen molar-refractivity contribution in [2.24, 2.45) is 10.2 Å². The smallest absolute Gasteiger partial charge is 0.262 e. The molecule has 2 amide bonds. The van der Waals surface area contributed by atoms with E-state index in [1.165, 1.54) is 6.21 Å². The summed E-state index contributed by atoms with van der Waals surface area (Å²) in [6, 6.07) is 20.5. The third-order valence-corrected chi connectivity index (χ3v) is 7.00. The maximum absolute atomic E-state index is 13.1. The molecule has 0 spiro atoms. The molecule has 1 unspecified atom stereocenters. The molecule has 0 saturated heterocycles. The monoisotopic (exact) mass is 625 g/mol. The van der Waals surface area contributed by atoms with E-state index in [1.54, 1.807) is 55.5 Å². The Morgan fingerprint density at radius 1 is 0.805 bits per heavy atom. The average Bonchev–Trinajstić information content (AvgIpc) is 3.23. The van der Waals surface area contributed by atoms with Crippen LogP contribution in [0.2, 0.25) is 10.0 Å². The van der Waals surface area contributed by atoms with Crippen molar-refractivity contribution in [1.29, 1.82) is 0 Å². The van der Waals surface area contributed by atoms with Gasteiger partial charge in [0.05, 0.1) is 23.4 Å². The minimum atomic E-state index is -0.782. The molecule has 0 bridgehead atoms. The zero-order chi connectivity index (χ0) is 29.4. The van der Waals surface area contributed by atoms with Crippen LogP contribution in [-0.2, 0) is 13.1 Å². The molecule has 1 aliphatic heterocycles. The van der Waals surface area contributed by atoms with Crippen LogP contribution in [0.4, 0.5) is 0 Å². The first kappa shape index (κ1) is 30.1. The molecular formula is C28H25Cl2N7O2S2. The van der Waals surface area contributed by atoms with Crippen molar-refractivity contribution in [1.82, 2.24) is 26.4 Å². The first-order valence-electron chi connectivity index (χ1n) is 12.4. The standard InChI is InChI=1S/C28H25Cl2N7O2S2/c1-17(37-25(38)22-4-2-3-5-23(22)26(37)39)24(34-36-28(41)32-15-19-8-12-21(30)13-9-19)16-33-35-27(40)31-14-18-6-10-20(29)11-7-18/h2-13,16-17H,14-15H2,1H3,(H2,31,35,40)(H2,32,36,41)/b33-16+,34-24-. The summed E-state index contributed by atoms with van der Waals surface area (Å²) in [6.45, 7) is 2.57. The third-order valence-electron chi connectivity index (χ3n) is 6.02. The summed E-state index contributed by atoms with van der Waals surface area (Å²) in [5.41, 5.74) is 8.35. The maximum atomic E-state index is 13.1. The molecule has 0 fully saturated rings. The zero-order valence-electron chi connectivity index (χ0n) is 21.7. The number of amides is 2. The number of nitrogens with zero attached hydrogens (tertiary/aromatic N) is 3. The Bertz CT molecular complexity index is 1480. The SMILES string of the molecule is CC(C(/C=N/NC(=S)NCc1ccc(Cl)cc1)=N\NC(=S)NCc1ccc(Cl)cc1)N1C(=O)c2ccccc2C1=O. The molecule has 1 aliphatic rings. The number of fused-ring (bicyclic) bond motifs is 1. The molecule has 3 aromatic carbocycles. The molecule has 1 atom stereocenters. The predicted molar refractivity (Wildman–Crippen MR) is 170 cm³/mol. The van der Waals surface area contributed by atoms with E-state index in [-0.39, 0.29) is 15.9 Å². The Balaban J connectivity index is 1.44. The number of thiocarbonyl (C=S) groups is 2. The number of carbonyl (C=O) groups is 2. The lowest BCUT2D eigenvalue weighted by molar-refractivity contribution is 0.0636. The lowest BCUT2D eigenvalue weighted by Crippen LogP contribution is -2.45. The van der Waals surface area contributed by atoms with Crippen LogP contribution in [0.5, 0.6) is 0 Å². The molecule has 210 valence electrons. The first-order valence-corrected chi connectivity index (χ1v) is 13.9. The lowest BCUT2D eigenvalue weighted by atomic mass is 10.1. The molecule has 0 aromatic heterocycles. The zero-order valence-corrected chi connectivity index (χ0v) is 24.9. The van der Waals surface area contributed by atoms with Gasteiger partial charge in [0, 0.05) is 23.1 Å². The lowest BCUT2D eigenvalue weighted by Gasteiger charge is -2.22. The Kier molecular flexibility index (Phi) is 10.4. The summed E-state index contributed by atoms with van der Waals surface area (Å²) in [4.78, 5) is 27.3. The van der Waals surface area contributed by atoms with Crippen LogP contribution in [0.25, 0.3) is 0 Å². The van der Waals surface area contributed by atoms with Crippen molar-refractivity contribution < 1.29 is 9.59 Å². The van der Waals surface area contributed by atoms with E-state index in [1.807, 2.05) is 24.3 Å². The van der Waals surface area contributed by atoms with Crippen molar-refractivity contribution in [3.05, 3.63) is 105 Å². The summed E-state index contributed by atoms with van der Waals surface area (Å²) >= 11 is 22.5. The van der Waals surface area contributed by atoms with E-state index in [9.17, 15) is 9.59 Å². The molecule has 3 aromatic rings. The van der Waals surface area contributed by atoms with Crippen LogP contribution in [0, 0.1) is 0 Å². The van der Waals surface area contributed by atoms with Crippen LogP contribution in [-0.4, -0.2) is 44.9 Å². The number of imide groups is 1. The average molecular weight is 627 g/mol. The van der Waals surface area contributed by atoms with Crippen LogP contribution in [0.1, 0.15) is 38.8 Å². The number of hydrogen-bond donors (Lipinski definition) is 4. The highest BCUT2D eigenvalue weighted by Gasteiger charge is 2.39. The number of nitrogens with one attached hydrogen (secondary N) is 4. The quantitative estimate of drug-likeness (QED) is 0.118. The first-order chi connectivity index (χ1) is 19.7. The molecule has 0 saturated carbocycles. The summed E-state index contributed by atoms with van der Waals surface area (Å²) < 4.78 is 0. The largest absolute Gasteiger partial charge is 0.357 e. The fraction of sp³-hybridized carbons (Fsp3) is 0.143. The molecule has 4 rings (SSSR count). The number of hydrogen-bond acceptors (Lipinski definition) is 6. The number of hydrazone groups is 2. The van der Waals surface area contributed by atoms with Gasteiger partial charge in [-0.1, -0.05) is 59.6 Å². The van der Waals surface area contributed by atoms with Crippen LogP contribution in [0.3, 0.4) is 0 Å². The minimum Gasteiger partial charge on any atom is -0.357 e. The number of rotatable bonds is 9.